The fourth-order valence-electron chi connectivity index (χ4n) is 3.31. The molecule has 1 heterocycles. The zero-order valence-corrected chi connectivity index (χ0v) is 12.5. The Bertz CT molecular complexity index is 378. The van der Waals surface area contributed by atoms with Gasteiger partial charge >= 0.3 is 0 Å². The van der Waals surface area contributed by atoms with Crippen LogP contribution in [0.1, 0.15) is 59.8 Å². The summed E-state index contributed by atoms with van der Waals surface area (Å²) in [5, 5.41) is 3.45. The number of hydrogen-bond acceptors (Lipinski definition) is 3. The second kappa shape index (κ2) is 5.23. The largest absolute Gasteiger partial charge is 0.302 e. The number of nitrogens with zero attached hydrogens (tertiary/aromatic N) is 1. The van der Waals surface area contributed by atoms with Crippen LogP contribution in [0.5, 0.6) is 0 Å². The Kier molecular flexibility index (Phi) is 4.00. The molecule has 19 heavy (non-hydrogen) atoms. The molecule has 4 heteroatoms. The Morgan fingerprint density at radius 2 is 2.11 bits per heavy atom. The Morgan fingerprint density at radius 1 is 1.42 bits per heavy atom. The minimum absolute atomic E-state index is 0.0170. The Morgan fingerprint density at radius 3 is 2.63 bits per heavy atom. The van der Waals surface area contributed by atoms with E-state index in [1.807, 2.05) is 13.8 Å². The lowest BCUT2D eigenvalue weighted by atomic mass is 9.87. The summed E-state index contributed by atoms with van der Waals surface area (Å²) in [6, 6.07) is 0.0680. The second-order valence-corrected chi connectivity index (χ2v) is 6.72. The molecule has 4 nitrogen and oxygen atoms in total. The van der Waals surface area contributed by atoms with Crippen molar-refractivity contribution in [2.45, 2.75) is 77.9 Å². The van der Waals surface area contributed by atoms with E-state index in [4.69, 9.17) is 0 Å². The van der Waals surface area contributed by atoms with Crippen molar-refractivity contribution in [3.8, 4) is 0 Å². The molecule has 2 rings (SSSR count). The molecule has 2 aliphatic rings. The lowest BCUT2D eigenvalue weighted by molar-refractivity contribution is -0.141. The third-order valence-corrected chi connectivity index (χ3v) is 4.87. The maximum Gasteiger partial charge on any atom is 0.247 e. The van der Waals surface area contributed by atoms with Crippen molar-refractivity contribution in [3.05, 3.63) is 0 Å². The highest BCUT2D eigenvalue weighted by Gasteiger charge is 2.44. The first-order chi connectivity index (χ1) is 8.86. The number of carbonyl (C=O) groups excluding carboxylic acids is 2. The first-order valence-corrected chi connectivity index (χ1v) is 7.48. The molecule has 1 N–H and O–H groups in total. The molecule has 0 aromatic carbocycles. The summed E-state index contributed by atoms with van der Waals surface area (Å²) in [5.74, 6) is -0.0466. The molecular weight excluding hydrogens is 240 g/mol. The minimum atomic E-state index is -0.302. The molecule has 0 bridgehead atoms. The van der Waals surface area contributed by atoms with Gasteiger partial charge in [0, 0.05) is 12.1 Å². The van der Waals surface area contributed by atoms with E-state index in [0.717, 1.165) is 12.8 Å². The van der Waals surface area contributed by atoms with Crippen molar-refractivity contribution in [2.75, 3.05) is 0 Å². The van der Waals surface area contributed by atoms with Crippen LogP contribution in [0.3, 0.4) is 0 Å². The molecule has 3 unspecified atom stereocenters. The van der Waals surface area contributed by atoms with E-state index < -0.39 is 0 Å². The smallest absolute Gasteiger partial charge is 0.247 e. The average molecular weight is 266 g/mol. The maximum absolute atomic E-state index is 12.4. The Labute approximate surface area is 115 Å². The third-order valence-electron chi connectivity index (χ3n) is 4.87. The highest BCUT2D eigenvalue weighted by molar-refractivity contribution is 6.05. The topological polar surface area (TPSA) is 49.4 Å². The zero-order chi connectivity index (χ0) is 14.2. The molecule has 108 valence electrons. The summed E-state index contributed by atoms with van der Waals surface area (Å²) in [4.78, 5) is 25.8. The van der Waals surface area contributed by atoms with Gasteiger partial charge in [-0.1, -0.05) is 27.2 Å². The van der Waals surface area contributed by atoms with Gasteiger partial charge in [0.1, 0.15) is 0 Å². The van der Waals surface area contributed by atoms with Gasteiger partial charge < -0.3 is 5.32 Å². The number of imide groups is 1. The predicted octanol–water partition coefficient (Wildman–Crippen LogP) is 2.08. The van der Waals surface area contributed by atoms with Gasteiger partial charge in [-0.25, -0.2) is 0 Å². The normalized spacial score (nSPS) is 32.1. The number of amides is 2. The zero-order valence-electron chi connectivity index (χ0n) is 12.5. The van der Waals surface area contributed by atoms with Crippen LogP contribution in [0.4, 0.5) is 0 Å². The molecule has 2 amide bonds. The molecule has 0 radical (unpaired) electrons. The Balaban J connectivity index is 2.03. The van der Waals surface area contributed by atoms with Crippen molar-refractivity contribution in [3.63, 3.8) is 0 Å². The van der Waals surface area contributed by atoms with Gasteiger partial charge in [0.05, 0.1) is 12.5 Å². The van der Waals surface area contributed by atoms with Crippen molar-refractivity contribution < 1.29 is 9.59 Å². The molecule has 1 saturated heterocycles. The number of hydrogen-bond donors (Lipinski definition) is 1. The molecular formula is C15H26N2O2. The molecule has 1 aliphatic heterocycles. The third kappa shape index (κ3) is 2.69. The van der Waals surface area contributed by atoms with Crippen LogP contribution < -0.4 is 5.32 Å². The Hall–Kier alpha value is -0.900. The monoisotopic (exact) mass is 266 g/mol. The molecule has 3 atom stereocenters. The molecule has 1 aliphatic carbocycles. The van der Waals surface area contributed by atoms with Gasteiger partial charge in [0.2, 0.25) is 11.8 Å². The fraction of sp³-hybridized carbons (Fsp3) is 0.867. The van der Waals surface area contributed by atoms with Crippen LogP contribution in [0.25, 0.3) is 0 Å². The predicted molar refractivity (Wildman–Crippen MR) is 74.6 cm³/mol. The van der Waals surface area contributed by atoms with E-state index in [0.29, 0.717) is 12.5 Å². The summed E-state index contributed by atoms with van der Waals surface area (Å²) in [6.45, 7) is 8.43. The minimum Gasteiger partial charge on any atom is -0.302 e. The van der Waals surface area contributed by atoms with Crippen molar-refractivity contribution >= 4 is 11.8 Å². The summed E-state index contributed by atoms with van der Waals surface area (Å²) >= 11 is 0. The van der Waals surface area contributed by atoms with Gasteiger partial charge in [-0.05, 0) is 31.6 Å². The molecule has 1 saturated carbocycles. The van der Waals surface area contributed by atoms with Crippen molar-refractivity contribution in [1.29, 1.82) is 0 Å². The lowest BCUT2D eigenvalue weighted by Crippen LogP contribution is -2.48. The van der Waals surface area contributed by atoms with E-state index in [2.05, 4.69) is 19.2 Å². The van der Waals surface area contributed by atoms with Crippen LogP contribution in [0.15, 0.2) is 0 Å². The van der Waals surface area contributed by atoms with E-state index >= 15 is 0 Å². The quantitative estimate of drug-likeness (QED) is 0.793. The van der Waals surface area contributed by atoms with Gasteiger partial charge in [0.15, 0.2) is 0 Å². The van der Waals surface area contributed by atoms with Crippen molar-refractivity contribution in [2.24, 2.45) is 5.41 Å². The number of carbonyl (C=O) groups is 2. The SMILES string of the molecule is CCC(C)N1C(=O)CC(NC2CCCC2(C)C)C1=O. The van der Waals surface area contributed by atoms with Crippen LogP contribution in [0.2, 0.25) is 0 Å². The molecule has 2 fully saturated rings. The van der Waals surface area contributed by atoms with Crippen LogP contribution in [-0.2, 0) is 9.59 Å². The van der Waals surface area contributed by atoms with Gasteiger partial charge in [0.25, 0.3) is 0 Å². The first kappa shape index (κ1) is 14.5. The second-order valence-electron chi connectivity index (χ2n) is 6.72. The van der Waals surface area contributed by atoms with E-state index in [1.165, 1.54) is 17.7 Å². The summed E-state index contributed by atoms with van der Waals surface area (Å²) in [5.41, 5.74) is 0.229. The van der Waals surface area contributed by atoms with E-state index in [1.54, 1.807) is 0 Å². The standard InChI is InChI=1S/C15H26N2O2/c1-5-10(2)17-13(18)9-11(14(17)19)16-12-7-6-8-15(12,3)4/h10-12,16H,5-9H2,1-4H3. The number of rotatable bonds is 4. The van der Waals surface area contributed by atoms with E-state index in [9.17, 15) is 9.59 Å². The van der Waals surface area contributed by atoms with E-state index in [-0.39, 0.29) is 29.3 Å². The van der Waals surface area contributed by atoms with Crippen LogP contribution in [0, 0.1) is 5.41 Å². The maximum atomic E-state index is 12.4. The number of nitrogens with one attached hydrogen (secondary N) is 1. The molecule has 0 aromatic heterocycles. The summed E-state index contributed by atoms with van der Waals surface area (Å²) < 4.78 is 0. The molecule has 0 aromatic rings. The van der Waals surface area contributed by atoms with Crippen LogP contribution in [-0.4, -0.2) is 34.8 Å². The fourth-order valence-corrected chi connectivity index (χ4v) is 3.31. The summed E-state index contributed by atoms with van der Waals surface area (Å²) in [6.07, 6.45) is 4.65. The highest BCUT2D eigenvalue weighted by Crippen LogP contribution is 2.38. The first-order valence-electron chi connectivity index (χ1n) is 7.48. The average Bonchev–Trinajstić information content (AvgIpc) is 2.80. The lowest BCUT2D eigenvalue weighted by Gasteiger charge is -2.30. The van der Waals surface area contributed by atoms with Gasteiger partial charge in [-0.3, -0.25) is 14.5 Å². The van der Waals surface area contributed by atoms with Gasteiger partial charge in [-0.15, -0.1) is 0 Å². The van der Waals surface area contributed by atoms with Crippen LogP contribution >= 0.6 is 0 Å². The number of likely N-dealkylation sites (tertiary alicyclic amines) is 1. The van der Waals surface area contributed by atoms with Crippen molar-refractivity contribution in [1.82, 2.24) is 10.2 Å². The highest BCUT2D eigenvalue weighted by atomic mass is 16.2. The summed E-state index contributed by atoms with van der Waals surface area (Å²) in [7, 11) is 0. The molecule has 0 spiro atoms. The van der Waals surface area contributed by atoms with Gasteiger partial charge in [-0.2, -0.15) is 0 Å².